The number of aryl methyl sites for hydroxylation is 1. The highest BCUT2D eigenvalue weighted by Gasteiger charge is 2.35. The molecule has 0 saturated heterocycles. The van der Waals surface area contributed by atoms with Crippen LogP contribution in [0, 0.1) is 12.3 Å². The number of amides is 1. The molecule has 9 heteroatoms. The fraction of sp³-hybridized carbons (Fsp3) is 0.167. The Morgan fingerprint density at radius 3 is 2.91 bits per heavy atom. The van der Waals surface area contributed by atoms with E-state index in [2.05, 4.69) is 10.1 Å². The predicted octanol–water partition coefficient (Wildman–Crippen LogP) is 4.80. The third-order valence-electron chi connectivity index (χ3n) is 5.15. The zero-order chi connectivity index (χ0) is 22.8. The molecule has 33 heavy (non-hydrogen) atoms. The number of hydrogen-bond donors (Lipinski definition) is 1. The summed E-state index contributed by atoms with van der Waals surface area (Å²) in [6.07, 6.45) is 4.30. The number of thiophene rings is 1. The van der Waals surface area contributed by atoms with Crippen molar-refractivity contribution in [1.29, 1.82) is 5.41 Å². The number of fused-ring (bicyclic) bond motifs is 1. The Kier molecular flexibility index (Phi) is 5.97. The fourth-order valence-corrected chi connectivity index (χ4v) is 5.25. The minimum Gasteiger partial charge on any atom is -0.492 e. The molecule has 1 amide bonds. The summed E-state index contributed by atoms with van der Waals surface area (Å²) >= 11 is 3.00. The summed E-state index contributed by atoms with van der Waals surface area (Å²) in [5.74, 6) is 0.452. The highest BCUT2D eigenvalue weighted by Crippen LogP contribution is 2.30. The van der Waals surface area contributed by atoms with Crippen molar-refractivity contribution in [2.45, 2.75) is 19.9 Å². The van der Waals surface area contributed by atoms with E-state index in [0.29, 0.717) is 24.7 Å². The number of hydrazone groups is 1. The molecule has 0 bridgehead atoms. The minimum atomic E-state index is -0.421. The molecule has 1 aromatic carbocycles. The maximum absolute atomic E-state index is 12.7. The number of amidine groups is 2. The summed E-state index contributed by atoms with van der Waals surface area (Å²) in [4.78, 5) is 18.1. The highest BCUT2D eigenvalue weighted by atomic mass is 32.2. The highest BCUT2D eigenvalue weighted by molar-refractivity contribution is 8.27. The molecular weight excluding hydrogens is 454 g/mol. The van der Waals surface area contributed by atoms with Gasteiger partial charge in [0.2, 0.25) is 5.17 Å². The molecule has 0 fully saturated rings. The van der Waals surface area contributed by atoms with E-state index in [-0.39, 0.29) is 11.4 Å². The number of thioether (sulfide) groups is 1. The molecule has 7 nitrogen and oxygen atoms in total. The topological polar surface area (TPSA) is 83.0 Å². The molecule has 0 saturated carbocycles. The lowest BCUT2D eigenvalue weighted by Crippen LogP contribution is -2.35. The van der Waals surface area contributed by atoms with E-state index in [0.717, 1.165) is 22.1 Å². The minimum absolute atomic E-state index is 0.0439. The number of hydrogen-bond acceptors (Lipinski definition) is 6. The van der Waals surface area contributed by atoms with Crippen LogP contribution in [-0.2, 0) is 17.8 Å². The Balaban J connectivity index is 1.30. The number of carbonyl (C=O) groups is 1. The van der Waals surface area contributed by atoms with Crippen LogP contribution in [0.4, 0.5) is 0 Å². The van der Waals surface area contributed by atoms with Gasteiger partial charge in [-0.25, -0.2) is 0 Å². The number of aliphatic imine (C=N–C) groups is 1. The number of ether oxygens (including phenoxy) is 1. The third-order valence-corrected chi connectivity index (χ3v) is 6.93. The molecule has 2 aromatic heterocycles. The van der Waals surface area contributed by atoms with Crippen molar-refractivity contribution in [3.8, 4) is 5.75 Å². The first-order valence-corrected chi connectivity index (χ1v) is 12.1. The lowest BCUT2D eigenvalue weighted by atomic mass is 10.1. The first-order chi connectivity index (χ1) is 16.1. The van der Waals surface area contributed by atoms with Gasteiger partial charge in [-0.2, -0.15) is 15.1 Å². The second kappa shape index (κ2) is 9.21. The Hall–Kier alpha value is -3.43. The Bertz CT molecular complexity index is 1300. The maximum Gasteiger partial charge on any atom is 0.283 e. The van der Waals surface area contributed by atoms with Gasteiger partial charge in [-0.1, -0.05) is 18.2 Å². The Labute approximate surface area is 199 Å². The van der Waals surface area contributed by atoms with Gasteiger partial charge in [0.15, 0.2) is 5.84 Å². The second-order valence-electron chi connectivity index (χ2n) is 7.56. The maximum atomic E-state index is 12.7. The van der Waals surface area contributed by atoms with Crippen LogP contribution in [-0.4, -0.2) is 38.1 Å². The van der Waals surface area contributed by atoms with Gasteiger partial charge in [0.25, 0.3) is 5.91 Å². The molecule has 2 aliphatic rings. The van der Waals surface area contributed by atoms with Gasteiger partial charge in [0.05, 0.1) is 12.1 Å². The SMILES string of the molecule is Cc1cccc(OCCn2cccc2/C=C2/C(=N)N3N=C(Cc4cccs4)SC3=NC2=O)c1. The van der Waals surface area contributed by atoms with Gasteiger partial charge in [-0.3, -0.25) is 10.2 Å². The predicted molar refractivity (Wildman–Crippen MR) is 134 cm³/mol. The number of benzene rings is 1. The van der Waals surface area contributed by atoms with Gasteiger partial charge in [0.1, 0.15) is 17.4 Å². The van der Waals surface area contributed by atoms with Gasteiger partial charge in [-0.15, -0.1) is 11.3 Å². The van der Waals surface area contributed by atoms with Crippen LogP contribution in [0.2, 0.25) is 0 Å². The molecule has 0 radical (unpaired) electrons. The number of rotatable bonds is 7. The van der Waals surface area contributed by atoms with E-state index in [1.807, 2.05) is 71.6 Å². The van der Waals surface area contributed by atoms with Crippen molar-refractivity contribution in [1.82, 2.24) is 9.58 Å². The zero-order valence-corrected chi connectivity index (χ0v) is 19.5. The number of carbonyl (C=O) groups excluding carboxylic acids is 1. The van der Waals surface area contributed by atoms with E-state index >= 15 is 0 Å². The summed E-state index contributed by atoms with van der Waals surface area (Å²) < 4.78 is 7.85. The third kappa shape index (κ3) is 4.69. The van der Waals surface area contributed by atoms with Crippen molar-refractivity contribution in [2.24, 2.45) is 10.1 Å². The average Bonchev–Trinajstić information content (AvgIpc) is 3.53. The first-order valence-electron chi connectivity index (χ1n) is 10.4. The Morgan fingerprint density at radius 2 is 2.09 bits per heavy atom. The van der Waals surface area contributed by atoms with Crippen LogP contribution < -0.4 is 4.74 Å². The molecule has 0 spiro atoms. The van der Waals surface area contributed by atoms with E-state index in [1.165, 1.54) is 21.6 Å². The van der Waals surface area contributed by atoms with Crippen LogP contribution in [0.15, 0.2) is 75.8 Å². The summed E-state index contributed by atoms with van der Waals surface area (Å²) in [7, 11) is 0. The first kappa shape index (κ1) is 21.4. The standard InChI is InChI=1S/C24H21N5O2S2/c1-16-5-2-7-18(13-16)31-11-10-28-9-3-6-17(28)14-20-22(25)29-24(26-23(20)30)33-21(27-29)15-19-8-4-12-32-19/h2-9,12-14,25H,10-11,15H2,1H3/b20-14-,25-22?. The molecule has 0 atom stereocenters. The van der Waals surface area contributed by atoms with Crippen LogP contribution in [0.3, 0.4) is 0 Å². The van der Waals surface area contributed by atoms with Crippen LogP contribution >= 0.6 is 23.1 Å². The van der Waals surface area contributed by atoms with E-state index in [9.17, 15) is 4.79 Å². The largest absolute Gasteiger partial charge is 0.492 e. The summed E-state index contributed by atoms with van der Waals surface area (Å²) in [5, 5.41) is 17.9. The fourth-order valence-electron chi connectivity index (χ4n) is 3.54. The second-order valence-corrected chi connectivity index (χ2v) is 9.63. The van der Waals surface area contributed by atoms with Gasteiger partial charge in [-0.05, 0) is 66.0 Å². The van der Waals surface area contributed by atoms with Crippen molar-refractivity contribution in [2.75, 3.05) is 6.61 Å². The quantitative estimate of drug-likeness (QED) is 0.498. The van der Waals surface area contributed by atoms with E-state index < -0.39 is 5.91 Å². The molecule has 3 aromatic rings. The normalized spacial score (nSPS) is 16.8. The number of nitrogens with one attached hydrogen (secondary N) is 1. The molecule has 4 heterocycles. The van der Waals surface area contributed by atoms with Crippen LogP contribution in [0.25, 0.3) is 6.08 Å². The number of nitrogens with zero attached hydrogens (tertiary/aromatic N) is 4. The van der Waals surface area contributed by atoms with Crippen LogP contribution in [0.1, 0.15) is 16.1 Å². The average molecular weight is 476 g/mol. The van der Waals surface area contributed by atoms with E-state index in [4.69, 9.17) is 10.1 Å². The molecule has 166 valence electrons. The van der Waals surface area contributed by atoms with Crippen molar-refractivity contribution in [3.63, 3.8) is 0 Å². The molecule has 0 unspecified atom stereocenters. The van der Waals surface area contributed by atoms with Gasteiger partial charge < -0.3 is 9.30 Å². The van der Waals surface area contributed by atoms with Crippen molar-refractivity contribution >= 4 is 51.1 Å². The molecular formula is C24H21N5O2S2. The molecule has 2 aliphatic heterocycles. The molecule has 1 N–H and O–H groups in total. The van der Waals surface area contributed by atoms with Crippen molar-refractivity contribution < 1.29 is 9.53 Å². The van der Waals surface area contributed by atoms with E-state index in [1.54, 1.807) is 17.4 Å². The molecule has 0 aliphatic carbocycles. The Morgan fingerprint density at radius 1 is 1.18 bits per heavy atom. The van der Waals surface area contributed by atoms with Crippen molar-refractivity contribution in [3.05, 3.63) is 81.8 Å². The lowest BCUT2D eigenvalue weighted by Gasteiger charge is -2.20. The lowest BCUT2D eigenvalue weighted by molar-refractivity contribution is -0.114. The smallest absolute Gasteiger partial charge is 0.283 e. The summed E-state index contributed by atoms with van der Waals surface area (Å²) in [5.41, 5.74) is 2.18. The molecule has 5 rings (SSSR count). The zero-order valence-electron chi connectivity index (χ0n) is 17.9. The summed E-state index contributed by atoms with van der Waals surface area (Å²) in [6.45, 7) is 3.13. The monoisotopic (exact) mass is 475 g/mol. The van der Waals surface area contributed by atoms with Gasteiger partial charge >= 0.3 is 0 Å². The van der Waals surface area contributed by atoms with Crippen LogP contribution in [0.5, 0.6) is 5.75 Å². The van der Waals surface area contributed by atoms with Gasteiger partial charge in [0, 0.05) is 23.2 Å². The summed E-state index contributed by atoms with van der Waals surface area (Å²) in [6, 6.07) is 15.8. The number of aromatic nitrogens is 1.